The van der Waals surface area contributed by atoms with Crippen LogP contribution in [-0.2, 0) is 15.7 Å². The molecule has 0 spiro atoms. The number of ether oxygens (including phenoxy) is 2. The van der Waals surface area contributed by atoms with Gasteiger partial charge in [0.2, 0.25) is 0 Å². The Morgan fingerprint density at radius 2 is 2.02 bits per heavy atom. The van der Waals surface area contributed by atoms with Gasteiger partial charge in [0.25, 0.3) is 0 Å². The Bertz CT molecular complexity index is 1750. The molecule has 5 atom stereocenters. The third kappa shape index (κ3) is 4.80. The Hall–Kier alpha value is -2.98. The predicted octanol–water partition coefficient (Wildman–Crippen LogP) is 3.19. The first-order chi connectivity index (χ1) is 22.4. The molecule has 3 N–H and O–H groups in total. The number of nitrogens with two attached hydrogens (primary N) is 1. The second kappa shape index (κ2) is 11.0. The van der Waals surface area contributed by atoms with E-state index in [4.69, 9.17) is 25.2 Å². The lowest BCUT2D eigenvalue weighted by molar-refractivity contribution is 0.0516. The zero-order valence-electron chi connectivity index (χ0n) is 25.3. The van der Waals surface area contributed by atoms with Crippen molar-refractivity contribution in [2.75, 3.05) is 63.2 Å². The van der Waals surface area contributed by atoms with Gasteiger partial charge in [-0.2, -0.15) is 9.97 Å². The first-order valence-corrected chi connectivity index (χ1v) is 18.1. The number of morpholine rings is 1. The number of fused-ring (bicyclic) bond motifs is 5. The van der Waals surface area contributed by atoms with Gasteiger partial charge in [0.1, 0.15) is 23.5 Å². The molecule has 1 saturated carbocycles. The molecule has 5 aliphatic heterocycles. The summed E-state index contributed by atoms with van der Waals surface area (Å²) in [6.07, 6.45) is 5.47. The number of rotatable bonds is 7. The van der Waals surface area contributed by atoms with Crippen LogP contribution in [0.3, 0.4) is 0 Å². The number of halogens is 2. The molecule has 3 aromatic rings. The summed E-state index contributed by atoms with van der Waals surface area (Å²) < 4.78 is 58.9. The third-order valence-electron chi connectivity index (χ3n) is 10.3. The van der Waals surface area contributed by atoms with Gasteiger partial charge in [0, 0.05) is 38.2 Å². The van der Waals surface area contributed by atoms with Crippen molar-refractivity contribution in [2.24, 2.45) is 5.92 Å². The van der Waals surface area contributed by atoms with Crippen LogP contribution in [-0.4, -0.2) is 105 Å². The van der Waals surface area contributed by atoms with Crippen LogP contribution in [0.15, 0.2) is 17.0 Å². The van der Waals surface area contributed by atoms with E-state index >= 15 is 0 Å². The number of hydrogen-bond donors (Lipinski definition) is 2. The van der Waals surface area contributed by atoms with Crippen molar-refractivity contribution < 1.29 is 22.5 Å². The summed E-state index contributed by atoms with van der Waals surface area (Å²) in [5.74, 6) is 0.603. The van der Waals surface area contributed by atoms with Gasteiger partial charge < -0.3 is 25.4 Å². The fraction of sp³-hybridized carbons (Fsp3) is 0.581. The molecule has 11 nitrogen and oxygen atoms in total. The number of hydrogen-bond acceptors (Lipinski definition) is 11. The predicted molar refractivity (Wildman–Crippen MR) is 172 cm³/mol. The Morgan fingerprint density at radius 1 is 1.20 bits per heavy atom. The number of aromatic nitrogens is 3. The summed E-state index contributed by atoms with van der Waals surface area (Å²) in [5, 5.41) is 3.76. The highest BCUT2D eigenvalue weighted by atomic mass is 32.2. The molecule has 1 aromatic carbocycles. The van der Waals surface area contributed by atoms with E-state index in [0.717, 1.165) is 43.6 Å². The van der Waals surface area contributed by atoms with Crippen LogP contribution in [0.25, 0.3) is 22.0 Å². The summed E-state index contributed by atoms with van der Waals surface area (Å²) in [4.78, 5) is 19.3. The minimum Gasteiger partial charge on any atom is -0.461 e. The van der Waals surface area contributed by atoms with Crippen molar-refractivity contribution in [3.8, 4) is 6.01 Å². The summed E-state index contributed by atoms with van der Waals surface area (Å²) in [7, 11) is -1.68. The molecule has 15 heteroatoms. The number of benzene rings is 1. The van der Waals surface area contributed by atoms with Crippen molar-refractivity contribution in [2.45, 2.75) is 60.8 Å². The van der Waals surface area contributed by atoms with Crippen molar-refractivity contribution in [3.05, 3.63) is 29.2 Å². The molecule has 46 heavy (non-hydrogen) atoms. The maximum absolute atomic E-state index is 14.9. The Morgan fingerprint density at radius 3 is 2.83 bits per heavy atom. The lowest BCUT2D eigenvalue weighted by Crippen LogP contribution is -2.64. The van der Waals surface area contributed by atoms with Crippen LogP contribution >= 0.6 is 11.3 Å². The summed E-state index contributed by atoms with van der Waals surface area (Å²) in [6, 6.07) is 3.28. The fourth-order valence-electron chi connectivity index (χ4n) is 7.98. The molecule has 2 aromatic heterocycles. The molecular weight excluding hydrogens is 635 g/mol. The molecule has 9 rings (SSSR count). The van der Waals surface area contributed by atoms with Gasteiger partial charge >= 0.3 is 6.01 Å². The van der Waals surface area contributed by atoms with Gasteiger partial charge in [-0.05, 0) is 56.4 Å². The van der Waals surface area contributed by atoms with Gasteiger partial charge in [-0.1, -0.05) is 11.3 Å². The summed E-state index contributed by atoms with van der Waals surface area (Å²) in [6.45, 7) is 4.61. The zero-order valence-corrected chi connectivity index (χ0v) is 26.9. The minimum atomic E-state index is -1.68. The van der Waals surface area contributed by atoms with Crippen LogP contribution in [0.2, 0.25) is 0 Å². The van der Waals surface area contributed by atoms with Crippen LogP contribution in [0, 0.1) is 11.7 Å². The molecule has 4 saturated heterocycles. The lowest BCUT2D eigenvalue weighted by atomic mass is 9.95. The van der Waals surface area contributed by atoms with Gasteiger partial charge in [-0.15, -0.1) is 0 Å². The second-order valence-electron chi connectivity index (χ2n) is 13.4. The number of nitrogens with one attached hydrogen (secondary N) is 1. The molecule has 7 heterocycles. The molecule has 3 unspecified atom stereocenters. The van der Waals surface area contributed by atoms with Crippen LogP contribution in [0.5, 0.6) is 6.01 Å². The Balaban J connectivity index is 1.19. The largest absolute Gasteiger partial charge is 0.461 e. The van der Waals surface area contributed by atoms with Crippen LogP contribution < -0.4 is 20.7 Å². The fourth-order valence-corrected chi connectivity index (χ4v) is 10.2. The first-order valence-electron chi connectivity index (χ1n) is 16.1. The third-order valence-corrected chi connectivity index (χ3v) is 12.7. The maximum atomic E-state index is 14.9. The SMILES string of the molecule is Nc1nc2c(C3=Cc4nc(OC[C@@]56CCCN5C[C@H](F)C6)nc(N5C6CNCC5COC6)c4S(=O)N3CC3CC3)ccc(F)c2s1. The van der Waals surface area contributed by atoms with E-state index in [1.165, 1.54) is 6.07 Å². The van der Waals surface area contributed by atoms with Gasteiger partial charge in [-0.25, -0.2) is 18.0 Å². The van der Waals surface area contributed by atoms with Gasteiger partial charge in [0.15, 0.2) is 21.9 Å². The lowest BCUT2D eigenvalue weighted by Gasteiger charge is -2.47. The summed E-state index contributed by atoms with van der Waals surface area (Å²) in [5.41, 5.74) is 7.92. The molecule has 0 amide bonds. The molecule has 2 bridgehead atoms. The van der Waals surface area contributed by atoms with Crippen LogP contribution in [0.1, 0.15) is 43.4 Å². The highest BCUT2D eigenvalue weighted by Crippen LogP contribution is 2.45. The topological polar surface area (TPSA) is 122 Å². The van der Waals surface area contributed by atoms with E-state index in [9.17, 15) is 13.0 Å². The number of nitrogen functional groups attached to an aromatic ring is 1. The van der Waals surface area contributed by atoms with Gasteiger partial charge in [0.05, 0.1) is 52.4 Å². The van der Waals surface area contributed by atoms with Crippen molar-refractivity contribution in [1.82, 2.24) is 29.5 Å². The standard InChI is InChI=1S/C31H36F2N8O3S2/c32-18-9-31(6-1-7-39(31)13-18)16-44-30-36-23-8-24(21-4-5-22(33)26-25(21)37-29(34)45-26)40(12-17-2-3-17)46(42)27(23)28(38-30)41-19-10-35-11-20(41)15-43-14-19/h4-5,8,17-20,35H,1-3,6-7,9-16H2,(H2,34,37)/t18-,19?,20?,31+,46?/m1/s1. The summed E-state index contributed by atoms with van der Waals surface area (Å²) >= 11 is 1.10. The van der Waals surface area contributed by atoms with Crippen LogP contribution in [0.4, 0.5) is 19.7 Å². The Kier molecular flexibility index (Phi) is 7.00. The monoisotopic (exact) mass is 670 g/mol. The molecule has 1 aliphatic carbocycles. The average Bonchev–Trinajstić information content (AvgIpc) is 3.51. The molecular formula is C31H36F2N8O3S2. The highest BCUT2D eigenvalue weighted by Gasteiger charge is 2.50. The Labute approximate surface area is 271 Å². The minimum absolute atomic E-state index is 0.000594. The number of anilines is 2. The van der Waals surface area contributed by atoms with E-state index in [2.05, 4.69) is 20.1 Å². The van der Waals surface area contributed by atoms with E-state index in [1.54, 1.807) is 6.07 Å². The number of thiazole rings is 1. The van der Waals surface area contributed by atoms with Crippen molar-refractivity contribution >= 4 is 55.3 Å². The quantitative estimate of drug-likeness (QED) is 0.388. The zero-order chi connectivity index (χ0) is 31.2. The van der Waals surface area contributed by atoms with Gasteiger partial charge in [-0.3, -0.25) is 9.21 Å². The molecule has 244 valence electrons. The first kappa shape index (κ1) is 29.2. The maximum Gasteiger partial charge on any atom is 0.319 e. The smallest absolute Gasteiger partial charge is 0.319 e. The van der Waals surface area contributed by atoms with E-state index in [-0.39, 0.29) is 35.4 Å². The molecule has 5 fully saturated rings. The van der Waals surface area contributed by atoms with E-state index < -0.39 is 23.0 Å². The number of nitrogens with zero attached hydrogens (tertiary/aromatic N) is 6. The normalized spacial score (nSPS) is 30.9. The van der Waals surface area contributed by atoms with Crippen molar-refractivity contribution in [1.29, 1.82) is 0 Å². The van der Waals surface area contributed by atoms with E-state index in [1.807, 2.05) is 10.4 Å². The number of piperazine rings is 1. The van der Waals surface area contributed by atoms with E-state index in [0.29, 0.717) is 89.6 Å². The average molecular weight is 671 g/mol. The molecule has 0 radical (unpaired) electrons. The number of alkyl halides is 1. The molecule has 6 aliphatic rings. The highest BCUT2D eigenvalue weighted by molar-refractivity contribution is 7.83. The van der Waals surface area contributed by atoms with Crippen molar-refractivity contribution in [3.63, 3.8) is 0 Å². The second-order valence-corrected chi connectivity index (χ2v) is 15.8.